The molecular formula is C20H21NO5. The van der Waals surface area contributed by atoms with E-state index in [2.05, 4.69) is 0 Å². The van der Waals surface area contributed by atoms with E-state index in [9.17, 15) is 9.59 Å². The van der Waals surface area contributed by atoms with Crippen LogP contribution in [0.3, 0.4) is 0 Å². The molecule has 2 unspecified atom stereocenters. The van der Waals surface area contributed by atoms with Crippen LogP contribution in [0.15, 0.2) is 60.7 Å². The Bertz CT molecular complexity index is 761. The summed E-state index contributed by atoms with van der Waals surface area (Å²) in [5, 5.41) is 0. The Morgan fingerprint density at radius 3 is 1.81 bits per heavy atom. The highest BCUT2D eigenvalue weighted by Crippen LogP contribution is 2.49. The van der Waals surface area contributed by atoms with Crippen molar-refractivity contribution in [3.05, 3.63) is 71.8 Å². The van der Waals surface area contributed by atoms with Crippen LogP contribution in [0.2, 0.25) is 0 Å². The minimum Gasteiger partial charge on any atom is -0.467 e. The van der Waals surface area contributed by atoms with Gasteiger partial charge in [-0.15, -0.1) is 0 Å². The molecule has 0 bridgehead atoms. The van der Waals surface area contributed by atoms with Crippen LogP contribution >= 0.6 is 0 Å². The first-order chi connectivity index (χ1) is 12.6. The number of methoxy groups -OCH3 is 2. The molecule has 2 atom stereocenters. The van der Waals surface area contributed by atoms with E-state index in [0.29, 0.717) is 5.56 Å². The standard InChI is InChI=1S/C20H21NO5/c1-21-17(15-12-8-5-9-13-15)26-16(14-10-6-4-7-11-14)20(21,18(22)24-2)19(23)25-3/h4-13,16-17H,1-3H3. The molecule has 0 spiro atoms. The maximum Gasteiger partial charge on any atom is 0.341 e. The fraction of sp³-hybridized carbons (Fsp3) is 0.300. The zero-order valence-corrected chi connectivity index (χ0v) is 14.9. The van der Waals surface area contributed by atoms with E-state index in [1.807, 2.05) is 60.7 Å². The van der Waals surface area contributed by atoms with Gasteiger partial charge >= 0.3 is 11.9 Å². The lowest BCUT2D eigenvalue weighted by Crippen LogP contribution is -2.59. The third-order valence-electron chi connectivity index (χ3n) is 4.73. The molecular weight excluding hydrogens is 334 g/mol. The molecule has 0 radical (unpaired) electrons. The molecule has 1 saturated heterocycles. The summed E-state index contributed by atoms with van der Waals surface area (Å²) in [7, 11) is 4.16. The molecule has 0 aliphatic carbocycles. The van der Waals surface area contributed by atoms with Crippen molar-refractivity contribution in [1.29, 1.82) is 0 Å². The highest BCUT2D eigenvalue weighted by atomic mass is 16.6. The molecule has 1 fully saturated rings. The van der Waals surface area contributed by atoms with Crippen LogP contribution in [0.1, 0.15) is 23.5 Å². The van der Waals surface area contributed by atoms with Gasteiger partial charge in [-0.05, 0) is 18.2 Å². The van der Waals surface area contributed by atoms with E-state index >= 15 is 0 Å². The highest BCUT2D eigenvalue weighted by molar-refractivity contribution is 6.06. The zero-order valence-electron chi connectivity index (χ0n) is 14.9. The molecule has 1 heterocycles. The molecule has 0 saturated carbocycles. The second kappa shape index (κ2) is 7.27. The molecule has 6 heteroatoms. The summed E-state index contributed by atoms with van der Waals surface area (Å²) in [5.74, 6) is -1.45. The average molecular weight is 355 g/mol. The summed E-state index contributed by atoms with van der Waals surface area (Å²) in [6.45, 7) is 0. The summed E-state index contributed by atoms with van der Waals surface area (Å²) in [5.41, 5.74) is -0.232. The van der Waals surface area contributed by atoms with Crippen molar-refractivity contribution in [2.75, 3.05) is 21.3 Å². The number of esters is 2. The normalized spacial score (nSPS) is 22.0. The quantitative estimate of drug-likeness (QED) is 0.620. The fourth-order valence-corrected chi connectivity index (χ4v) is 3.45. The third-order valence-corrected chi connectivity index (χ3v) is 4.73. The van der Waals surface area contributed by atoms with Crippen LogP contribution in [0.5, 0.6) is 0 Å². The summed E-state index contributed by atoms with van der Waals surface area (Å²) in [6.07, 6.45) is -1.49. The van der Waals surface area contributed by atoms with Gasteiger partial charge in [-0.3, -0.25) is 0 Å². The van der Waals surface area contributed by atoms with Gasteiger partial charge in [-0.25, -0.2) is 14.5 Å². The van der Waals surface area contributed by atoms with Crippen molar-refractivity contribution >= 4 is 11.9 Å². The van der Waals surface area contributed by atoms with Crippen LogP contribution in [0.4, 0.5) is 0 Å². The minimum atomic E-state index is -1.74. The Balaban J connectivity index is 2.18. The molecule has 136 valence electrons. The maximum atomic E-state index is 12.9. The van der Waals surface area contributed by atoms with Crippen LogP contribution in [0.25, 0.3) is 0 Å². The molecule has 2 aromatic rings. The van der Waals surface area contributed by atoms with Gasteiger partial charge in [0, 0.05) is 0 Å². The molecule has 3 rings (SSSR count). The van der Waals surface area contributed by atoms with Gasteiger partial charge in [-0.1, -0.05) is 60.7 Å². The van der Waals surface area contributed by atoms with Crippen molar-refractivity contribution in [2.45, 2.75) is 17.9 Å². The largest absolute Gasteiger partial charge is 0.467 e. The number of hydrogen-bond donors (Lipinski definition) is 0. The van der Waals surface area contributed by atoms with Crippen LogP contribution in [-0.2, 0) is 23.8 Å². The van der Waals surface area contributed by atoms with Crippen molar-refractivity contribution in [3.63, 3.8) is 0 Å². The van der Waals surface area contributed by atoms with Crippen molar-refractivity contribution in [1.82, 2.24) is 4.90 Å². The van der Waals surface area contributed by atoms with Crippen molar-refractivity contribution in [3.8, 4) is 0 Å². The molecule has 0 N–H and O–H groups in total. The first-order valence-corrected chi connectivity index (χ1v) is 8.22. The first kappa shape index (κ1) is 18.1. The van der Waals surface area contributed by atoms with Gasteiger partial charge in [0.25, 0.3) is 0 Å². The Morgan fingerprint density at radius 1 is 0.885 bits per heavy atom. The monoisotopic (exact) mass is 355 g/mol. The SMILES string of the molecule is COC(=O)C1(C(=O)OC)C(c2ccccc2)OC(c2ccccc2)N1C. The number of likely N-dealkylation sites (N-methyl/N-ethyl adjacent to an activating group) is 1. The summed E-state index contributed by atoms with van der Waals surface area (Å²) in [4.78, 5) is 27.3. The molecule has 6 nitrogen and oxygen atoms in total. The zero-order chi connectivity index (χ0) is 18.7. The van der Waals surface area contributed by atoms with E-state index in [4.69, 9.17) is 14.2 Å². The van der Waals surface area contributed by atoms with Gasteiger partial charge < -0.3 is 14.2 Å². The van der Waals surface area contributed by atoms with Gasteiger partial charge in [-0.2, -0.15) is 0 Å². The van der Waals surface area contributed by atoms with E-state index in [1.165, 1.54) is 14.2 Å². The van der Waals surface area contributed by atoms with E-state index in [1.54, 1.807) is 11.9 Å². The molecule has 0 aromatic heterocycles. The smallest absolute Gasteiger partial charge is 0.341 e. The second-order valence-corrected chi connectivity index (χ2v) is 6.05. The van der Waals surface area contributed by atoms with Gasteiger partial charge in [0.05, 0.1) is 14.2 Å². The molecule has 2 aromatic carbocycles. The molecule has 0 amide bonds. The van der Waals surface area contributed by atoms with E-state index < -0.39 is 29.8 Å². The molecule has 1 aliphatic heterocycles. The van der Waals surface area contributed by atoms with Crippen molar-refractivity contribution in [2.24, 2.45) is 0 Å². The average Bonchev–Trinajstić information content (AvgIpc) is 3.02. The summed E-state index contributed by atoms with van der Waals surface area (Å²) >= 11 is 0. The topological polar surface area (TPSA) is 65.1 Å². The number of hydrogen-bond acceptors (Lipinski definition) is 6. The lowest BCUT2D eigenvalue weighted by molar-refractivity contribution is -0.171. The number of carbonyl (C=O) groups is 2. The number of benzene rings is 2. The Hall–Kier alpha value is -2.70. The highest BCUT2D eigenvalue weighted by Gasteiger charge is 2.66. The number of carbonyl (C=O) groups excluding carboxylic acids is 2. The van der Waals surface area contributed by atoms with Crippen molar-refractivity contribution < 1.29 is 23.8 Å². The van der Waals surface area contributed by atoms with E-state index in [-0.39, 0.29) is 0 Å². The van der Waals surface area contributed by atoms with Gasteiger partial charge in [0.1, 0.15) is 12.3 Å². The Morgan fingerprint density at radius 2 is 1.35 bits per heavy atom. The molecule has 1 aliphatic rings. The van der Waals surface area contributed by atoms with Gasteiger partial charge in [0.2, 0.25) is 5.54 Å². The fourth-order valence-electron chi connectivity index (χ4n) is 3.45. The number of ether oxygens (including phenoxy) is 3. The maximum absolute atomic E-state index is 12.9. The van der Waals surface area contributed by atoms with Crippen LogP contribution in [-0.4, -0.2) is 43.6 Å². The predicted octanol–water partition coefficient (Wildman–Crippen LogP) is 2.47. The lowest BCUT2D eigenvalue weighted by atomic mass is 9.86. The number of rotatable bonds is 4. The second-order valence-electron chi connectivity index (χ2n) is 6.05. The Kier molecular flexibility index (Phi) is 5.06. The Labute approximate surface area is 152 Å². The van der Waals surface area contributed by atoms with Crippen LogP contribution in [0, 0.1) is 0 Å². The van der Waals surface area contributed by atoms with E-state index in [0.717, 1.165) is 5.56 Å². The first-order valence-electron chi connectivity index (χ1n) is 8.22. The van der Waals surface area contributed by atoms with Crippen LogP contribution < -0.4 is 0 Å². The summed E-state index contributed by atoms with van der Waals surface area (Å²) < 4.78 is 16.2. The van der Waals surface area contributed by atoms with Gasteiger partial charge in [0.15, 0.2) is 0 Å². The lowest BCUT2D eigenvalue weighted by Gasteiger charge is -2.33. The molecule has 26 heavy (non-hydrogen) atoms. The summed E-state index contributed by atoms with van der Waals surface area (Å²) in [6, 6.07) is 18.5. The predicted molar refractivity (Wildman–Crippen MR) is 94.0 cm³/mol. The number of nitrogens with zero attached hydrogens (tertiary/aromatic N) is 1. The minimum absolute atomic E-state index is 0.611. The third kappa shape index (κ3) is 2.67.